The summed E-state index contributed by atoms with van der Waals surface area (Å²) in [6.45, 7) is 0. The zero-order valence-corrected chi connectivity index (χ0v) is 10.2. The molecule has 1 amide bonds. The van der Waals surface area contributed by atoms with Gasteiger partial charge in [0.1, 0.15) is 4.60 Å². The van der Waals surface area contributed by atoms with Gasteiger partial charge in [0.15, 0.2) is 5.82 Å². The monoisotopic (exact) mass is 292 g/mol. The Morgan fingerprint density at radius 1 is 1.56 bits per heavy atom. The van der Waals surface area contributed by atoms with E-state index in [9.17, 15) is 9.18 Å². The summed E-state index contributed by atoms with van der Waals surface area (Å²) in [4.78, 5) is 14.8. The summed E-state index contributed by atoms with van der Waals surface area (Å²) >= 11 is 2.89. The number of carbonyl (C=O) groups excluding carboxylic acids is 1. The number of amides is 1. The molecule has 1 heterocycles. The first-order valence-electron chi connectivity index (χ1n) is 4.22. The van der Waals surface area contributed by atoms with E-state index in [2.05, 4.69) is 20.9 Å². The van der Waals surface area contributed by atoms with Crippen molar-refractivity contribution in [2.45, 2.75) is 6.29 Å². The molecule has 1 rings (SSSR count). The second-order valence-corrected chi connectivity index (χ2v) is 3.62. The fourth-order valence-corrected chi connectivity index (χ4v) is 1.57. The smallest absolute Gasteiger partial charge is 0.251 e. The highest BCUT2D eigenvalue weighted by molar-refractivity contribution is 9.10. The maximum absolute atomic E-state index is 13.4. The van der Waals surface area contributed by atoms with Crippen molar-refractivity contribution in [3.63, 3.8) is 0 Å². The maximum atomic E-state index is 13.4. The van der Waals surface area contributed by atoms with Crippen molar-refractivity contribution in [3.8, 4) is 0 Å². The Morgan fingerprint density at radius 2 is 2.12 bits per heavy atom. The summed E-state index contributed by atoms with van der Waals surface area (Å²) in [5.41, 5.74) is 5.02. The first kappa shape index (κ1) is 13.0. The topological polar surface area (TPSA) is 74.4 Å². The van der Waals surface area contributed by atoms with E-state index in [0.29, 0.717) is 0 Å². The second kappa shape index (κ2) is 5.33. The number of nitrogens with two attached hydrogens (primary N) is 1. The van der Waals surface area contributed by atoms with Crippen LogP contribution in [-0.2, 0) is 9.47 Å². The lowest BCUT2D eigenvalue weighted by Crippen LogP contribution is -2.16. The molecule has 0 unspecified atom stereocenters. The van der Waals surface area contributed by atoms with Crippen LogP contribution in [0.15, 0.2) is 10.7 Å². The molecule has 0 radical (unpaired) electrons. The van der Waals surface area contributed by atoms with Gasteiger partial charge >= 0.3 is 0 Å². The lowest BCUT2D eigenvalue weighted by molar-refractivity contribution is -0.108. The van der Waals surface area contributed by atoms with Gasteiger partial charge in [0.25, 0.3) is 5.91 Å². The van der Waals surface area contributed by atoms with E-state index in [4.69, 9.17) is 15.2 Å². The highest BCUT2D eigenvalue weighted by Crippen LogP contribution is 2.23. The van der Waals surface area contributed by atoms with E-state index < -0.39 is 18.0 Å². The number of ether oxygens (including phenoxy) is 2. The highest BCUT2D eigenvalue weighted by atomic mass is 79.9. The molecule has 0 aromatic carbocycles. The number of hydrogen-bond acceptors (Lipinski definition) is 4. The zero-order valence-electron chi connectivity index (χ0n) is 8.66. The quantitative estimate of drug-likeness (QED) is 0.672. The molecule has 0 aliphatic rings. The fraction of sp³-hybridized carbons (Fsp3) is 0.333. The van der Waals surface area contributed by atoms with E-state index in [-0.39, 0.29) is 15.9 Å². The first-order chi connectivity index (χ1) is 7.51. The van der Waals surface area contributed by atoms with Gasteiger partial charge in [-0.05, 0) is 22.0 Å². The number of methoxy groups -OCH3 is 2. The largest absolute Gasteiger partial charge is 0.366 e. The van der Waals surface area contributed by atoms with Crippen molar-refractivity contribution < 1.29 is 18.7 Å². The molecule has 16 heavy (non-hydrogen) atoms. The molecule has 0 aliphatic carbocycles. The van der Waals surface area contributed by atoms with Crippen LogP contribution in [0.2, 0.25) is 0 Å². The number of hydrogen-bond donors (Lipinski definition) is 1. The molecule has 0 spiro atoms. The van der Waals surface area contributed by atoms with Gasteiger partial charge in [0.05, 0.1) is 11.3 Å². The molecular weight excluding hydrogens is 283 g/mol. The molecule has 0 atom stereocenters. The number of aromatic nitrogens is 1. The van der Waals surface area contributed by atoms with Crippen LogP contribution in [0.4, 0.5) is 4.39 Å². The minimum atomic E-state index is -0.882. The Balaban J connectivity index is 3.28. The molecule has 0 saturated heterocycles. The van der Waals surface area contributed by atoms with Crippen molar-refractivity contribution in [1.82, 2.24) is 4.98 Å². The van der Waals surface area contributed by atoms with Gasteiger partial charge in [-0.3, -0.25) is 4.79 Å². The van der Waals surface area contributed by atoms with Crippen molar-refractivity contribution in [1.29, 1.82) is 0 Å². The van der Waals surface area contributed by atoms with Crippen LogP contribution in [0.5, 0.6) is 0 Å². The van der Waals surface area contributed by atoms with Gasteiger partial charge < -0.3 is 15.2 Å². The number of rotatable bonds is 4. The molecule has 1 aromatic heterocycles. The fourth-order valence-electron chi connectivity index (χ4n) is 1.15. The average molecular weight is 293 g/mol. The Labute approximate surface area is 99.9 Å². The van der Waals surface area contributed by atoms with Crippen molar-refractivity contribution in [2.75, 3.05) is 14.2 Å². The van der Waals surface area contributed by atoms with E-state index in [1.165, 1.54) is 20.3 Å². The molecule has 7 heteroatoms. The van der Waals surface area contributed by atoms with Crippen LogP contribution in [-0.4, -0.2) is 25.1 Å². The van der Waals surface area contributed by atoms with Crippen molar-refractivity contribution in [3.05, 3.63) is 27.7 Å². The molecule has 0 aliphatic heterocycles. The SMILES string of the molecule is COC(OC)c1cc(C(N)=O)c(F)c(Br)n1. The van der Waals surface area contributed by atoms with Crippen LogP contribution in [0.3, 0.4) is 0 Å². The Morgan fingerprint density at radius 3 is 2.56 bits per heavy atom. The van der Waals surface area contributed by atoms with E-state index in [0.717, 1.165) is 0 Å². The molecule has 1 aromatic rings. The summed E-state index contributed by atoms with van der Waals surface area (Å²) in [6, 6.07) is 1.19. The molecule has 0 fully saturated rings. The van der Waals surface area contributed by atoms with Gasteiger partial charge in [0, 0.05) is 14.2 Å². The van der Waals surface area contributed by atoms with Crippen LogP contribution >= 0.6 is 15.9 Å². The van der Waals surface area contributed by atoms with Gasteiger partial charge in [-0.15, -0.1) is 0 Å². The third kappa shape index (κ3) is 2.55. The summed E-state index contributed by atoms with van der Waals surface area (Å²) in [6.07, 6.45) is -0.782. The average Bonchev–Trinajstić information content (AvgIpc) is 2.24. The number of nitrogens with zero attached hydrogens (tertiary/aromatic N) is 1. The first-order valence-corrected chi connectivity index (χ1v) is 5.01. The normalized spacial score (nSPS) is 10.8. The molecule has 2 N–H and O–H groups in total. The molecule has 5 nitrogen and oxygen atoms in total. The van der Waals surface area contributed by atoms with Crippen LogP contribution in [0.1, 0.15) is 22.3 Å². The predicted molar refractivity (Wildman–Crippen MR) is 57.2 cm³/mol. The third-order valence-electron chi connectivity index (χ3n) is 1.87. The summed E-state index contributed by atoms with van der Waals surface area (Å²) in [5, 5.41) is 0. The summed E-state index contributed by atoms with van der Waals surface area (Å²) < 4.78 is 23.2. The highest BCUT2D eigenvalue weighted by Gasteiger charge is 2.19. The summed E-state index contributed by atoms with van der Waals surface area (Å²) in [7, 11) is 2.80. The standard InChI is InChI=1S/C9H10BrFN2O3/c1-15-9(16-2)5-3-4(8(12)14)6(11)7(10)13-5/h3,9H,1-2H3,(H2,12,14). The van der Waals surface area contributed by atoms with Crippen LogP contribution in [0.25, 0.3) is 0 Å². The maximum Gasteiger partial charge on any atom is 0.251 e. The van der Waals surface area contributed by atoms with Gasteiger partial charge in [-0.1, -0.05) is 0 Å². The predicted octanol–water partition coefficient (Wildman–Crippen LogP) is 1.37. The van der Waals surface area contributed by atoms with Gasteiger partial charge in [-0.25, -0.2) is 9.37 Å². The van der Waals surface area contributed by atoms with Gasteiger partial charge in [0.2, 0.25) is 6.29 Å². The van der Waals surface area contributed by atoms with E-state index in [1.54, 1.807) is 0 Å². The Bertz CT molecular complexity index is 410. The minimum Gasteiger partial charge on any atom is -0.366 e. The Kier molecular flexibility index (Phi) is 4.34. The zero-order chi connectivity index (χ0) is 12.3. The van der Waals surface area contributed by atoms with Gasteiger partial charge in [-0.2, -0.15) is 0 Å². The molecule has 0 saturated carbocycles. The number of carbonyl (C=O) groups is 1. The van der Waals surface area contributed by atoms with E-state index in [1.807, 2.05) is 0 Å². The minimum absolute atomic E-state index is 0.113. The van der Waals surface area contributed by atoms with Crippen LogP contribution in [0, 0.1) is 5.82 Å². The van der Waals surface area contributed by atoms with Crippen molar-refractivity contribution >= 4 is 21.8 Å². The second-order valence-electron chi connectivity index (χ2n) is 2.87. The Hall–Kier alpha value is -1.05. The number of pyridine rings is 1. The summed E-state index contributed by atoms with van der Waals surface area (Å²) in [5.74, 6) is -1.69. The lowest BCUT2D eigenvalue weighted by Gasteiger charge is -2.14. The number of halogens is 2. The molecular formula is C9H10BrFN2O3. The van der Waals surface area contributed by atoms with Crippen LogP contribution < -0.4 is 5.73 Å². The molecule has 0 bridgehead atoms. The molecule has 88 valence electrons. The lowest BCUT2D eigenvalue weighted by atomic mass is 10.2. The number of primary amides is 1. The third-order valence-corrected chi connectivity index (χ3v) is 2.40. The van der Waals surface area contributed by atoms with E-state index >= 15 is 0 Å². The van der Waals surface area contributed by atoms with Crippen molar-refractivity contribution in [2.24, 2.45) is 5.73 Å².